The maximum Gasteiger partial charge on any atom is 0.302 e. The molecule has 1 saturated heterocycles. The largest absolute Gasteiger partial charge is 0.465 e. The first-order valence-corrected chi connectivity index (χ1v) is 12.2. The van der Waals surface area contributed by atoms with Gasteiger partial charge in [-0.3, -0.25) is 19.2 Å². The van der Waals surface area contributed by atoms with Crippen LogP contribution in [-0.2, 0) is 39.5 Å². The standard InChI is InChI=1S/C30H25NO6/c1-18(32)36-16-29-21-12-6-8-14-23(21)30(17-37-19(2)33,24-15-9-7-13-22(24)29)26-25(29)27(34)31(28(26)35)20-10-4-3-5-11-20/h3-15,25-26H,16-17H2,1-2H3. The van der Waals surface area contributed by atoms with E-state index < -0.39 is 34.6 Å². The Morgan fingerprint density at radius 3 is 1.35 bits per heavy atom. The van der Waals surface area contributed by atoms with Gasteiger partial charge in [0.2, 0.25) is 11.8 Å². The molecule has 2 bridgehead atoms. The van der Waals surface area contributed by atoms with E-state index in [4.69, 9.17) is 9.47 Å². The molecule has 3 aliphatic carbocycles. The SMILES string of the molecule is CC(=O)OCC12c3ccccc3C(COC(C)=O)(c3ccccc31)C1C(=O)N(c3ccccc3)C(=O)C12. The van der Waals surface area contributed by atoms with Gasteiger partial charge in [0, 0.05) is 13.8 Å². The summed E-state index contributed by atoms with van der Waals surface area (Å²) in [7, 11) is 0. The minimum atomic E-state index is -1.09. The van der Waals surface area contributed by atoms with Gasteiger partial charge >= 0.3 is 11.9 Å². The summed E-state index contributed by atoms with van der Waals surface area (Å²) in [5, 5.41) is 0. The second kappa shape index (κ2) is 8.13. The van der Waals surface area contributed by atoms with Crippen molar-refractivity contribution in [3.8, 4) is 0 Å². The third-order valence-electron chi connectivity index (χ3n) is 8.17. The number of imide groups is 1. The van der Waals surface area contributed by atoms with E-state index in [-0.39, 0.29) is 25.0 Å². The van der Waals surface area contributed by atoms with Gasteiger partial charge in [0.1, 0.15) is 13.2 Å². The lowest BCUT2D eigenvalue weighted by Gasteiger charge is -2.59. The Balaban J connectivity index is 1.70. The summed E-state index contributed by atoms with van der Waals surface area (Å²) in [4.78, 5) is 54.1. The zero-order valence-electron chi connectivity index (χ0n) is 20.5. The fourth-order valence-electron chi connectivity index (χ4n) is 6.90. The molecule has 1 heterocycles. The summed E-state index contributed by atoms with van der Waals surface area (Å²) >= 11 is 0. The highest BCUT2D eigenvalue weighted by atomic mass is 16.5. The van der Waals surface area contributed by atoms with E-state index in [0.29, 0.717) is 5.69 Å². The summed E-state index contributed by atoms with van der Waals surface area (Å²) in [5.41, 5.74) is 1.53. The predicted molar refractivity (Wildman–Crippen MR) is 134 cm³/mol. The number of nitrogens with zero attached hydrogens (tertiary/aromatic N) is 1. The molecular weight excluding hydrogens is 470 g/mol. The van der Waals surface area contributed by atoms with E-state index in [1.807, 2.05) is 54.6 Å². The van der Waals surface area contributed by atoms with Crippen molar-refractivity contribution in [3.05, 3.63) is 101 Å². The van der Waals surface area contributed by atoms with E-state index >= 15 is 0 Å². The van der Waals surface area contributed by atoms with Crippen LogP contribution >= 0.6 is 0 Å². The van der Waals surface area contributed by atoms with Crippen LogP contribution in [0.15, 0.2) is 78.9 Å². The molecule has 4 aliphatic rings. The van der Waals surface area contributed by atoms with Crippen molar-refractivity contribution in [1.29, 1.82) is 0 Å². The van der Waals surface area contributed by atoms with Gasteiger partial charge in [0.05, 0.1) is 28.4 Å². The first-order valence-electron chi connectivity index (χ1n) is 12.2. The highest BCUT2D eigenvalue weighted by Gasteiger charge is 2.74. The van der Waals surface area contributed by atoms with Gasteiger partial charge in [-0.15, -0.1) is 0 Å². The molecule has 0 aromatic heterocycles. The molecule has 0 N–H and O–H groups in total. The van der Waals surface area contributed by atoms with Crippen LogP contribution in [0.4, 0.5) is 5.69 Å². The molecular formula is C30H25NO6. The number of esters is 2. The zero-order chi connectivity index (χ0) is 25.9. The molecule has 2 amide bonds. The molecule has 1 aliphatic heterocycles. The fraction of sp³-hybridized carbons (Fsp3) is 0.267. The highest BCUT2D eigenvalue weighted by molar-refractivity contribution is 6.24. The molecule has 2 atom stereocenters. The summed E-state index contributed by atoms with van der Waals surface area (Å²) < 4.78 is 11.3. The van der Waals surface area contributed by atoms with Crippen molar-refractivity contribution in [1.82, 2.24) is 0 Å². The third-order valence-corrected chi connectivity index (χ3v) is 8.17. The molecule has 7 heteroatoms. The molecule has 0 spiro atoms. The van der Waals surface area contributed by atoms with Crippen molar-refractivity contribution < 1.29 is 28.7 Å². The Hall–Kier alpha value is -4.26. The second-order valence-corrected chi connectivity index (χ2v) is 9.90. The van der Waals surface area contributed by atoms with Crippen LogP contribution in [0.1, 0.15) is 36.1 Å². The topological polar surface area (TPSA) is 90.0 Å². The number of benzene rings is 3. The third kappa shape index (κ3) is 2.94. The molecule has 37 heavy (non-hydrogen) atoms. The van der Waals surface area contributed by atoms with Crippen LogP contribution in [0, 0.1) is 11.8 Å². The average molecular weight is 496 g/mol. The molecule has 7 rings (SSSR count). The van der Waals surface area contributed by atoms with Crippen molar-refractivity contribution >= 4 is 29.4 Å². The minimum absolute atomic E-state index is 0.0944. The lowest BCUT2D eigenvalue weighted by molar-refractivity contribution is -0.149. The normalized spacial score (nSPS) is 26.8. The molecule has 3 aromatic carbocycles. The van der Waals surface area contributed by atoms with Crippen LogP contribution in [0.2, 0.25) is 0 Å². The van der Waals surface area contributed by atoms with Crippen LogP contribution in [-0.4, -0.2) is 37.0 Å². The number of carbonyl (C=O) groups is 4. The number of carbonyl (C=O) groups excluding carboxylic acids is 4. The minimum Gasteiger partial charge on any atom is -0.465 e. The van der Waals surface area contributed by atoms with E-state index in [1.165, 1.54) is 18.7 Å². The van der Waals surface area contributed by atoms with Gasteiger partial charge in [-0.1, -0.05) is 66.7 Å². The monoisotopic (exact) mass is 495 g/mol. The van der Waals surface area contributed by atoms with Crippen molar-refractivity contribution in [2.45, 2.75) is 24.7 Å². The number of ether oxygens (including phenoxy) is 2. The van der Waals surface area contributed by atoms with Gasteiger partial charge in [0.15, 0.2) is 0 Å². The Morgan fingerprint density at radius 1 is 0.649 bits per heavy atom. The molecule has 1 fully saturated rings. The first-order chi connectivity index (χ1) is 17.8. The number of hydrogen-bond acceptors (Lipinski definition) is 6. The fourth-order valence-corrected chi connectivity index (χ4v) is 6.90. The quantitative estimate of drug-likeness (QED) is 0.398. The number of para-hydroxylation sites is 1. The molecule has 0 saturated carbocycles. The van der Waals surface area contributed by atoms with E-state index in [0.717, 1.165) is 22.3 Å². The van der Waals surface area contributed by atoms with E-state index in [1.54, 1.807) is 24.3 Å². The Labute approximate surface area is 214 Å². The Morgan fingerprint density at radius 2 is 1.00 bits per heavy atom. The summed E-state index contributed by atoms with van der Waals surface area (Å²) in [5.74, 6) is -3.38. The van der Waals surface area contributed by atoms with E-state index in [9.17, 15) is 19.2 Å². The number of rotatable bonds is 5. The zero-order valence-corrected chi connectivity index (χ0v) is 20.5. The maximum absolute atomic E-state index is 14.3. The van der Waals surface area contributed by atoms with Crippen molar-refractivity contribution in [2.75, 3.05) is 18.1 Å². The number of amides is 2. The summed E-state index contributed by atoms with van der Waals surface area (Å²) in [6, 6.07) is 24.1. The van der Waals surface area contributed by atoms with Gasteiger partial charge in [0.25, 0.3) is 0 Å². The second-order valence-electron chi connectivity index (χ2n) is 9.90. The van der Waals surface area contributed by atoms with Crippen LogP contribution < -0.4 is 4.90 Å². The Bertz CT molecular complexity index is 1320. The lowest BCUT2D eigenvalue weighted by atomic mass is 9.42. The smallest absolute Gasteiger partial charge is 0.302 e. The Kier molecular flexibility index (Phi) is 5.09. The van der Waals surface area contributed by atoms with E-state index in [2.05, 4.69) is 0 Å². The van der Waals surface area contributed by atoms with Gasteiger partial charge in [-0.2, -0.15) is 0 Å². The van der Waals surface area contributed by atoms with Crippen molar-refractivity contribution in [2.24, 2.45) is 11.8 Å². The average Bonchev–Trinajstić information content (AvgIpc) is 3.18. The predicted octanol–water partition coefficient (Wildman–Crippen LogP) is 3.52. The molecule has 2 unspecified atom stereocenters. The number of hydrogen-bond donors (Lipinski definition) is 0. The molecule has 186 valence electrons. The van der Waals surface area contributed by atoms with Crippen LogP contribution in [0.25, 0.3) is 0 Å². The summed E-state index contributed by atoms with van der Waals surface area (Å²) in [6.45, 7) is 2.48. The highest BCUT2D eigenvalue weighted by Crippen LogP contribution is 2.67. The van der Waals surface area contributed by atoms with Crippen molar-refractivity contribution in [3.63, 3.8) is 0 Å². The van der Waals surface area contributed by atoms with Crippen LogP contribution in [0.3, 0.4) is 0 Å². The van der Waals surface area contributed by atoms with Gasteiger partial charge < -0.3 is 9.47 Å². The van der Waals surface area contributed by atoms with Gasteiger partial charge in [-0.05, 0) is 34.4 Å². The molecule has 3 aromatic rings. The molecule has 7 nitrogen and oxygen atoms in total. The van der Waals surface area contributed by atoms with Crippen LogP contribution in [0.5, 0.6) is 0 Å². The first kappa shape index (κ1) is 23.2. The molecule has 0 radical (unpaired) electrons. The number of anilines is 1. The van der Waals surface area contributed by atoms with Gasteiger partial charge in [-0.25, -0.2) is 4.90 Å². The lowest BCUT2D eigenvalue weighted by Crippen LogP contribution is -2.64. The maximum atomic E-state index is 14.3. The summed E-state index contributed by atoms with van der Waals surface area (Å²) in [6.07, 6.45) is 0.